The highest BCUT2D eigenvalue weighted by molar-refractivity contribution is 6.07. The van der Waals surface area contributed by atoms with Crippen molar-refractivity contribution in [3.63, 3.8) is 0 Å². The number of benzene rings is 1. The smallest absolute Gasteiger partial charge is 0.325 e. The average Bonchev–Trinajstić information content (AvgIpc) is 3.45. The number of amides is 3. The second kappa shape index (κ2) is 11.1. The number of imide groups is 1. The lowest BCUT2D eigenvalue weighted by atomic mass is 9.74. The molecule has 4 rings (SSSR count). The fraction of sp³-hybridized carbons (Fsp3) is 0.704. The molecule has 1 N–H and O–H groups in total. The first-order valence-electron chi connectivity index (χ1n) is 13.3. The average molecular weight is 471 g/mol. The van der Waals surface area contributed by atoms with Crippen molar-refractivity contribution < 1.29 is 14.3 Å². The fourth-order valence-corrected chi connectivity index (χ4v) is 6.09. The maximum Gasteiger partial charge on any atom is 0.325 e. The van der Waals surface area contributed by atoms with Crippen molar-refractivity contribution in [2.75, 3.05) is 44.2 Å². The molecule has 2 atom stereocenters. The number of rotatable bonds is 10. The number of urea groups is 1. The number of hydrogen-bond acceptors (Lipinski definition) is 5. The predicted molar refractivity (Wildman–Crippen MR) is 135 cm³/mol. The summed E-state index contributed by atoms with van der Waals surface area (Å²) >= 11 is 0. The normalized spacial score (nSPS) is 26.3. The summed E-state index contributed by atoms with van der Waals surface area (Å²) in [6.45, 7) is 12.4. The Bertz CT molecular complexity index is 827. The molecule has 0 spiro atoms. The van der Waals surface area contributed by atoms with Crippen LogP contribution in [-0.2, 0) is 16.1 Å². The zero-order chi connectivity index (χ0) is 24.1. The van der Waals surface area contributed by atoms with E-state index in [4.69, 9.17) is 4.74 Å². The molecule has 0 saturated carbocycles. The Kier molecular flexibility index (Phi) is 8.14. The molecule has 3 fully saturated rings. The number of piperidine rings is 1. The van der Waals surface area contributed by atoms with Crippen molar-refractivity contribution in [2.24, 2.45) is 5.92 Å². The number of nitrogens with one attached hydrogen (secondary N) is 1. The van der Waals surface area contributed by atoms with Gasteiger partial charge in [-0.1, -0.05) is 25.5 Å². The minimum absolute atomic E-state index is 0.0119. The Morgan fingerprint density at radius 2 is 1.76 bits per heavy atom. The van der Waals surface area contributed by atoms with E-state index in [0.717, 1.165) is 71.4 Å². The number of likely N-dealkylation sites (tertiary alicyclic amines) is 1. The fourth-order valence-electron chi connectivity index (χ4n) is 6.09. The molecule has 7 nitrogen and oxygen atoms in total. The molecule has 34 heavy (non-hydrogen) atoms. The molecule has 3 saturated heterocycles. The SMILES string of the molecule is CCC[C@]1(C2CCN(Cc3ccc(N(CC)CC)cc3)CC2)NC(=O)N(C[C@H]2CCCO2)C1=O. The third-order valence-electron chi connectivity index (χ3n) is 8.01. The predicted octanol–water partition coefficient (Wildman–Crippen LogP) is 4.01. The van der Waals surface area contributed by atoms with Crippen LogP contribution in [0.15, 0.2) is 24.3 Å². The maximum absolute atomic E-state index is 13.6. The molecular weight excluding hydrogens is 428 g/mol. The molecule has 0 aromatic heterocycles. The van der Waals surface area contributed by atoms with Crippen LogP contribution < -0.4 is 10.2 Å². The summed E-state index contributed by atoms with van der Waals surface area (Å²) < 4.78 is 5.71. The number of carbonyl (C=O) groups is 2. The van der Waals surface area contributed by atoms with Gasteiger partial charge in [0.2, 0.25) is 0 Å². The second-order valence-corrected chi connectivity index (χ2v) is 10.1. The van der Waals surface area contributed by atoms with E-state index in [-0.39, 0.29) is 24.0 Å². The van der Waals surface area contributed by atoms with Gasteiger partial charge >= 0.3 is 6.03 Å². The molecule has 3 amide bonds. The molecule has 7 heteroatoms. The third kappa shape index (κ3) is 5.10. The van der Waals surface area contributed by atoms with E-state index in [1.807, 2.05) is 0 Å². The van der Waals surface area contributed by atoms with Crippen molar-refractivity contribution in [1.82, 2.24) is 15.1 Å². The van der Waals surface area contributed by atoms with Crippen LogP contribution in [0.4, 0.5) is 10.5 Å². The lowest BCUT2D eigenvalue weighted by Gasteiger charge is -2.41. The van der Waals surface area contributed by atoms with E-state index in [1.54, 1.807) is 0 Å². The van der Waals surface area contributed by atoms with E-state index in [0.29, 0.717) is 13.0 Å². The highest BCUT2D eigenvalue weighted by Gasteiger charge is 2.55. The largest absolute Gasteiger partial charge is 0.376 e. The zero-order valence-electron chi connectivity index (χ0n) is 21.2. The molecule has 1 aromatic carbocycles. The number of nitrogens with zero attached hydrogens (tertiary/aromatic N) is 3. The van der Waals surface area contributed by atoms with Gasteiger partial charge in [0, 0.05) is 31.9 Å². The monoisotopic (exact) mass is 470 g/mol. The lowest BCUT2D eigenvalue weighted by Crippen LogP contribution is -2.56. The molecule has 188 valence electrons. The van der Waals surface area contributed by atoms with Crippen LogP contribution in [0.3, 0.4) is 0 Å². The summed E-state index contributed by atoms with van der Waals surface area (Å²) in [5.74, 6) is 0.153. The molecule has 0 aliphatic carbocycles. The quantitative estimate of drug-likeness (QED) is 0.524. The number of hydrogen-bond donors (Lipinski definition) is 1. The molecule has 0 radical (unpaired) electrons. The standard InChI is InChI=1S/C27H42N4O3/c1-4-15-27(25(32)31(26(33)28-27)20-24-8-7-18-34-24)22-13-16-29(17-14-22)19-21-9-11-23(12-10-21)30(5-2)6-3/h9-12,22,24H,4-8,13-20H2,1-3H3,(H,28,33)/t24-,27-/m1/s1. The Hall–Kier alpha value is -2.12. The molecule has 3 aliphatic rings. The minimum atomic E-state index is -0.748. The van der Waals surface area contributed by atoms with Crippen LogP contribution in [0.5, 0.6) is 0 Å². The Morgan fingerprint density at radius 1 is 1.06 bits per heavy atom. The molecule has 0 unspecified atom stereocenters. The first-order chi connectivity index (χ1) is 16.5. The zero-order valence-corrected chi connectivity index (χ0v) is 21.2. The Balaban J connectivity index is 1.36. The van der Waals surface area contributed by atoms with Gasteiger partial charge in [-0.05, 0) is 82.7 Å². The molecular formula is C27H42N4O3. The maximum atomic E-state index is 13.6. The third-order valence-corrected chi connectivity index (χ3v) is 8.01. The van der Waals surface area contributed by atoms with Gasteiger partial charge in [-0.15, -0.1) is 0 Å². The number of anilines is 1. The highest BCUT2D eigenvalue weighted by Crippen LogP contribution is 2.37. The Labute approximate surface area is 204 Å². The summed E-state index contributed by atoms with van der Waals surface area (Å²) in [4.78, 5) is 32.7. The van der Waals surface area contributed by atoms with Crippen LogP contribution in [-0.4, -0.2) is 72.7 Å². The minimum Gasteiger partial charge on any atom is -0.376 e. The van der Waals surface area contributed by atoms with Crippen LogP contribution in [0.25, 0.3) is 0 Å². The number of carbonyl (C=O) groups excluding carboxylic acids is 2. The van der Waals surface area contributed by atoms with Crippen molar-refractivity contribution >= 4 is 17.6 Å². The van der Waals surface area contributed by atoms with Crippen molar-refractivity contribution in [2.45, 2.75) is 77.5 Å². The van der Waals surface area contributed by atoms with Gasteiger partial charge in [0.25, 0.3) is 5.91 Å². The highest BCUT2D eigenvalue weighted by atomic mass is 16.5. The van der Waals surface area contributed by atoms with E-state index < -0.39 is 5.54 Å². The van der Waals surface area contributed by atoms with Gasteiger partial charge in [-0.25, -0.2) is 4.79 Å². The summed E-state index contributed by atoms with van der Waals surface area (Å²) in [5.41, 5.74) is 1.85. The summed E-state index contributed by atoms with van der Waals surface area (Å²) in [6, 6.07) is 8.69. The van der Waals surface area contributed by atoms with Crippen LogP contribution in [0.2, 0.25) is 0 Å². The van der Waals surface area contributed by atoms with Gasteiger partial charge in [-0.2, -0.15) is 0 Å². The first kappa shape index (κ1) is 25.0. The summed E-state index contributed by atoms with van der Waals surface area (Å²) in [6.07, 6.45) is 5.35. The first-order valence-corrected chi connectivity index (χ1v) is 13.3. The van der Waals surface area contributed by atoms with Gasteiger partial charge < -0.3 is 15.0 Å². The van der Waals surface area contributed by atoms with Gasteiger partial charge in [0.05, 0.1) is 12.6 Å². The molecule has 3 aliphatic heterocycles. The second-order valence-electron chi connectivity index (χ2n) is 10.1. The Morgan fingerprint density at radius 3 is 2.35 bits per heavy atom. The van der Waals surface area contributed by atoms with Gasteiger partial charge in [0.1, 0.15) is 5.54 Å². The summed E-state index contributed by atoms with van der Waals surface area (Å²) in [7, 11) is 0. The molecule has 1 aromatic rings. The molecule has 3 heterocycles. The van der Waals surface area contributed by atoms with E-state index in [2.05, 4.69) is 60.2 Å². The van der Waals surface area contributed by atoms with Crippen molar-refractivity contribution in [3.8, 4) is 0 Å². The number of ether oxygens (including phenoxy) is 1. The van der Waals surface area contributed by atoms with Crippen LogP contribution in [0, 0.1) is 5.92 Å². The van der Waals surface area contributed by atoms with Crippen LogP contribution in [0.1, 0.15) is 64.9 Å². The van der Waals surface area contributed by atoms with E-state index >= 15 is 0 Å². The van der Waals surface area contributed by atoms with Crippen molar-refractivity contribution in [1.29, 1.82) is 0 Å². The summed E-state index contributed by atoms with van der Waals surface area (Å²) in [5, 5.41) is 3.16. The van der Waals surface area contributed by atoms with Gasteiger partial charge in [-0.3, -0.25) is 14.6 Å². The van der Waals surface area contributed by atoms with E-state index in [9.17, 15) is 9.59 Å². The van der Waals surface area contributed by atoms with Gasteiger partial charge in [0.15, 0.2) is 0 Å². The van der Waals surface area contributed by atoms with Crippen LogP contribution >= 0.6 is 0 Å². The van der Waals surface area contributed by atoms with Crippen molar-refractivity contribution in [3.05, 3.63) is 29.8 Å². The molecule has 0 bridgehead atoms. The van der Waals surface area contributed by atoms with E-state index in [1.165, 1.54) is 16.2 Å². The topological polar surface area (TPSA) is 65.1 Å². The lowest BCUT2D eigenvalue weighted by molar-refractivity contribution is -0.135.